The zero-order valence-electron chi connectivity index (χ0n) is 14.3. The fraction of sp³-hybridized carbons (Fsp3) is 0.136. The summed E-state index contributed by atoms with van der Waals surface area (Å²) in [4.78, 5) is 14.5. The lowest BCUT2D eigenvalue weighted by Gasteiger charge is -2.10. The number of hydrogen-bond donors (Lipinski definition) is 1. The summed E-state index contributed by atoms with van der Waals surface area (Å²) in [7, 11) is 0. The van der Waals surface area contributed by atoms with E-state index in [9.17, 15) is 4.79 Å². The number of amides is 1. The van der Waals surface area contributed by atoms with E-state index in [0.29, 0.717) is 13.2 Å². The molecule has 0 atom stereocenters. The molecule has 1 aliphatic heterocycles. The monoisotopic (exact) mass is 361 g/mol. The molecule has 4 heteroatoms. The molecule has 0 unspecified atom stereocenters. The van der Waals surface area contributed by atoms with Crippen LogP contribution < -0.4 is 5.32 Å². The lowest BCUT2D eigenvalue weighted by molar-refractivity contribution is 0.102. The highest BCUT2D eigenvalue weighted by molar-refractivity contribution is 7.99. The first-order valence-electron chi connectivity index (χ1n) is 8.62. The number of fused-ring (bicyclic) bond motifs is 2. The van der Waals surface area contributed by atoms with E-state index in [0.717, 1.165) is 33.0 Å². The van der Waals surface area contributed by atoms with Crippen LogP contribution in [0.3, 0.4) is 0 Å². The molecule has 26 heavy (non-hydrogen) atoms. The molecule has 4 rings (SSSR count). The van der Waals surface area contributed by atoms with Gasteiger partial charge in [-0.2, -0.15) is 0 Å². The van der Waals surface area contributed by atoms with Crippen LogP contribution in [0.4, 0.5) is 5.69 Å². The number of rotatable bonds is 5. The van der Waals surface area contributed by atoms with E-state index < -0.39 is 0 Å². The van der Waals surface area contributed by atoms with Gasteiger partial charge in [-0.15, -0.1) is 0 Å². The predicted molar refractivity (Wildman–Crippen MR) is 105 cm³/mol. The Morgan fingerprint density at radius 3 is 2.54 bits per heavy atom. The van der Waals surface area contributed by atoms with Crippen LogP contribution in [-0.4, -0.2) is 12.5 Å². The quantitative estimate of drug-likeness (QED) is 0.638. The van der Waals surface area contributed by atoms with E-state index >= 15 is 0 Å². The third-order valence-electron chi connectivity index (χ3n) is 4.29. The van der Waals surface area contributed by atoms with Crippen molar-refractivity contribution in [3.63, 3.8) is 0 Å². The summed E-state index contributed by atoms with van der Waals surface area (Å²) < 4.78 is 5.82. The summed E-state index contributed by atoms with van der Waals surface area (Å²) in [5.41, 5.74) is 3.90. The van der Waals surface area contributed by atoms with Crippen LogP contribution in [-0.2, 0) is 17.8 Å². The normalized spacial score (nSPS) is 12.7. The number of anilines is 1. The van der Waals surface area contributed by atoms with E-state index in [1.165, 1.54) is 5.56 Å². The number of nitrogens with one attached hydrogen (secondary N) is 1. The maximum absolute atomic E-state index is 12.4. The number of carbonyl (C=O) groups is 1. The molecule has 1 amide bonds. The molecular weight excluding hydrogens is 342 g/mol. The van der Waals surface area contributed by atoms with Crippen LogP contribution in [0.2, 0.25) is 0 Å². The Hall–Kier alpha value is -2.56. The predicted octanol–water partition coefficient (Wildman–Crippen LogP) is 5.16. The first-order chi connectivity index (χ1) is 12.8. The van der Waals surface area contributed by atoms with Crippen molar-refractivity contribution in [2.24, 2.45) is 0 Å². The fourth-order valence-electron chi connectivity index (χ4n) is 2.93. The summed E-state index contributed by atoms with van der Waals surface area (Å²) in [6.07, 6.45) is 0.897. The highest BCUT2D eigenvalue weighted by Crippen LogP contribution is 2.39. The van der Waals surface area contributed by atoms with Crippen molar-refractivity contribution in [3.8, 4) is 0 Å². The molecule has 0 fully saturated rings. The Bertz CT molecular complexity index is 924. The van der Waals surface area contributed by atoms with Gasteiger partial charge in [-0.1, -0.05) is 60.3 Å². The Labute approximate surface area is 157 Å². The minimum atomic E-state index is -0.0611. The average molecular weight is 361 g/mol. The van der Waals surface area contributed by atoms with Crippen LogP contribution in [0.5, 0.6) is 0 Å². The van der Waals surface area contributed by atoms with Gasteiger partial charge in [0.15, 0.2) is 0 Å². The highest BCUT2D eigenvalue weighted by atomic mass is 32.2. The molecule has 0 saturated carbocycles. The van der Waals surface area contributed by atoms with Crippen LogP contribution in [0.25, 0.3) is 0 Å². The van der Waals surface area contributed by atoms with E-state index in [1.54, 1.807) is 11.8 Å². The van der Waals surface area contributed by atoms with Gasteiger partial charge >= 0.3 is 0 Å². The van der Waals surface area contributed by atoms with Gasteiger partial charge in [0.05, 0.1) is 24.5 Å². The van der Waals surface area contributed by atoms with Crippen molar-refractivity contribution >= 4 is 23.4 Å². The Morgan fingerprint density at radius 1 is 0.846 bits per heavy atom. The maximum atomic E-state index is 12.4. The first-order valence-corrected chi connectivity index (χ1v) is 9.44. The zero-order valence-corrected chi connectivity index (χ0v) is 15.1. The summed E-state index contributed by atoms with van der Waals surface area (Å²) >= 11 is 1.62. The molecule has 0 aromatic heterocycles. The van der Waals surface area contributed by atoms with Crippen molar-refractivity contribution in [2.45, 2.75) is 22.8 Å². The Morgan fingerprint density at radius 2 is 1.65 bits per heavy atom. The van der Waals surface area contributed by atoms with Crippen molar-refractivity contribution in [2.75, 3.05) is 11.9 Å². The van der Waals surface area contributed by atoms with Gasteiger partial charge in [-0.3, -0.25) is 4.79 Å². The molecule has 3 aromatic carbocycles. The second-order valence-electron chi connectivity index (χ2n) is 6.17. The molecule has 1 aliphatic rings. The molecule has 130 valence electrons. The van der Waals surface area contributed by atoms with Crippen LogP contribution >= 0.6 is 11.8 Å². The van der Waals surface area contributed by atoms with E-state index in [-0.39, 0.29) is 5.91 Å². The number of carbonyl (C=O) groups excluding carboxylic acids is 1. The minimum absolute atomic E-state index is 0.0611. The van der Waals surface area contributed by atoms with Gasteiger partial charge in [0.1, 0.15) is 0 Å². The van der Waals surface area contributed by atoms with Gasteiger partial charge in [0.2, 0.25) is 0 Å². The van der Waals surface area contributed by atoms with Crippen LogP contribution in [0.1, 0.15) is 21.5 Å². The molecule has 0 spiro atoms. The van der Waals surface area contributed by atoms with E-state index in [1.807, 2.05) is 48.5 Å². The van der Waals surface area contributed by atoms with E-state index in [4.69, 9.17) is 4.74 Å². The largest absolute Gasteiger partial charge is 0.376 e. The summed E-state index contributed by atoms with van der Waals surface area (Å²) in [5, 5.41) is 3.02. The summed E-state index contributed by atoms with van der Waals surface area (Å²) in [6.45, 7) is 1.21. The van der Waals surface area contributed by atoms with Gasteiger partial charge in [0, 0.05) is 9.79 Å². The van der Waals surface area contributed by atoms with Gasteiger partial charge in [-0.05, 0) is 41.8 Å². The second kappa shape index (κ2) is 7.77. The number of hydrogen-bond acceptors (Lipinski definition) is 3. The molecule has 1 heterocycles. The maximum Gasteiger partial charge on any atom is 0.256 e. The summed E-state index contributed by atoms with van der Waals surface area (Å²) in [5.74, 6) is -0.0611. The molecule has 0 bridgehead atoms. The van der Waals surface area contributed by atoms with Gasteiger partial charge in [-0.25, -0.2) is 0 Å². The lowest BCUT2D eigenvalue weighted by atomic mass is 10.1. The molecule has 0 aliphatic carbocycles. The van der Waals surface area contributed by atoms with Gasteiger partial charge < -0.3 is 10.1 Å². The standard InChI is InChI=1S/C22H19NO2S/c24-22-18-8-4-5-9-20(18)26-21-11-10-17(14-19(21)23-22)15-25-13-12-16-6-2-1-3-7-16/h1-11,14H,12-13,15H2,(H,23,24). The highest BCUT2D eigenvalue weighted by Gasteiger charge is 2.19. The molecule has 1 N–H and O–H groups in total. The third-order valence-corrected chi connectivity index (χ3v) is 5.44. The SMILES string of the molecule is O=C1Nc2cc(COCCc3ccccc3)ccc2Sc2ccccc21. The van der Waals surface area contributed by atoms with Crippen LogP contribution in [0.15, 0.2) is 82.6 Å². The zero-order chi connectivity index (χ0) is 17.8. The number of benzene rings is 3. The molecule has 0 saturated heterocycles. The second-order valence-corrected chi connectivity index (χ2v) is 7.25. The lowest BCUT2D eigenvalue weighted by Crippen LogP contribution is -2.11. The average Bonchev–Trinajstić information content (AvgIpc) is 2.82. The molecule has 3 aromatic rings. The number of ether oxygens (including phenoxy) is 1. The van der Waals surface area contributed by atoms with E-state index in [2.05, 4.69) is 29.6 Å². The first kappa shape index (κ1) is 16.9. The summed E-state index contributed by atoms with van der Waals surface area (Å²) in [6, 6.07) is 24.1. The minimum Gasteiger partial charge on any atom is -0.376 e. The fourth-order valence-corrected chi connectivity index (χ4v) is 3.94. The molecular formula is C22H19NO2S. The van der Waals surface area contributed by atoms with Gasteiger partial charge in [0.25, 0.3) is 5.91 Å². The molecule has 3 nitrogen and oxygen atoms in total. The van der Waals surface area contributed by atoms with Crippen molar-refractivity contribution in [3.05, 3.63) is 89.5 Å². The smallest absolute Gasteiger partial charge is 0.256 e. The van der Waals surface area contributed by atoms with Crippen molar-refractivity contribution in [1.82, 2.24) is 0 Å². The third kappa shape index (κ3) is 3.82. The van der Waals surface area contributed by atoms with Crippen LogP contribution in [0, 0.1) is 0 Å². The Kier molecular flexibility index (Phi) is 5.04. The Balaban J connectivity index is 1.41. The van der Waals surface area contributed by atoms with Crippen molar-refractivity contribution < 1.29 is 9.53 Å². The van der Waals surface area contributed by atoms with Crippen molar-refractivity contribution in [1.29, 1.82) is 0 Å². The topological polar surface area (TPSA) is 38.3 Å². The molecule has 0 radical (unpaired) electrons.